The quantitative estimate of drug-likeness (QED) is 0.429. The van der Waals surface area contributed by atoms with Gasteiger partial charge < -0.3 is 4.74 Å². The summed E-state index contributed by atoms with van der Waals surface area (Å²) in [7, 11) is 0. The molecule has 2 heteroatoms. The summed E-state index contributed by atoms with van der Waals surface area (Å²) in [5.41, 5.74) is 1.61. The van der Waals surface area contributed by atoms with Crippen LogP contribution in [-0.2, 0) is 16.1 Å². The van der Waals surface area contributed by atoms with E-state index in [0.29, 0.717) is 18.6 Å². The van der Waals surface area contributed by atoms with E-state index >= 15 is 0 Å². The van der Waals surface area contributed by atoms with Gasteiger partial charge in [0.1, 0.15) is 6.61 Å². The van der Waals surface area contributed by atoms with Gasteiger partial charge in [0.05, 0.1) is 0 Å². The molecule has 1 rings (SSSR count). The third-order valence-electron chi connectivity index (χ3n) is 2.13. The number of rotatable bonds is 5. The fourth-order valence-electron chi connectivity index (χ4n) is 1.18. The molecule has 2 nitrogen and oxygen atoms in total. The summed E-state index contributed by atoms with van der Waals surface area (Å²) in [6.07, 6.45) is 4.24. The van der Waals surface area contributed by atoms with Gasteiger partial charge in [-0.05, 0) is 18.9 Å². The highest BCUT2D eigenvalue weighted by molar-refractivity contribution is 5.87. The van der Waals surface area contributed by atoms with Crippen molar-refractivity contribution in [1.82, 2.24) is 0 Å². The maximum absolute atomic E-state index is 11.5. The second-order valence-corrected chi connectivity index (χ2v) is 3.47. The molecule has 84 valence electrons. The van der Waals surface area contributed by atoms with E-state index in [4.69, 9.17) is 4.74 Å². The third-order valence-corrected chi connectivity index (χ3v) is 2.13. The summed E-state index contributed by atoms with van der Waals surface area (Å²) in [6, 6.07) is 9.62. The first-order valence-electron chi connectivity index (χ1n) is 5.22. The molecule has 0 heterocycles. The molecule has 0 N–H and O–H groups in total. The Balaban J connectivity index is 2.44. The minimum atomic E-state index is -0.272. The van der Waals surface area contributed by atoms with Crippen LogP contribution in [0.15, 0.2) is 54.6 Å². The average Bonchev–Trinajstić information content (AvgIpc) is 2.34. The Morgan fingerprint density at radius 2 is 2.06 bits per heavy atom. The molecular weight excluding hydrogens is 200 g/mol. The predicted octanol–water partition coefficient (Wildman–Crippen LogP) is 3.25. The van der Waals surface area contributed by atoms with E-state index in [9.17, 15) is 4.79 Å². The van der Waals surface area contributed by atoms with E-state index in [-0.39, 0.29) is 5.97 Å². The molecule has 0 aliphatic rings. The second-order valence-electron chi connectivity index (χ2n) is 3.47. The summed E-state index contributed by atoms with van der Waals surface area (Å²) >= 11 is 0. The zero-order valence-electron chi connectivity index (χ0n) is 9.48. The fraction of sp³-hybridized carbons (Fsp3) is 0.214. The smallest absolute Gasteiger partial charge is 0.333 e. The molecule has 0 saturated carbocycles. The number of carbonyl (C=O) groups is 1. The van der Waals surface area contributed by atoms with Crippen molar-refractivity contribution in [2.24, 2.45) is 0 Å². The minimum Gasteiger partial charge on any atom is -0.457 e. The fourth-order valence-corrected chi connectivity index (χ4v) is 1.18. The Morgan fingerprint density at radius 1 is 1.38 bits per heavy atom. The Morgan fingerprint density at radius 3 is 2.69 bits per heavy atom. The zero-order valence-corrected chi connectivity index (χ0v) is 9.48. The highest BCUT2D eigenvalue weighted by Crippen LogP contribution is 2.04. The van der Waals surface area contributed by atoms with Crippen LogP contribution in [0.1, 0.15) is 18.9 Å². The van der Waals surface area contributed by atoms with Crippen LogP contribution >= 0.6 is 0 Å². The number of benzene rings is 1. The van der Waals surface area contributed by atoms with E-state index in [1.807, 2.05) is 30.3 Å². The van der Waals surface area contributed by atoms with Crippen LogP contribution in [0.25, 0.3) is 0 Å². The maximum atomic E-state index is 11.5. The average molecular weight is 216 g/mol. The molecule has 0 spiro atoms. The van der Waals surface area contributed by atoms with Gasteiger partial charge in [-0.25, -0.2) is 4.79 Å². The lowest BCUT2D eigenvalue weighted by atomic mass is 10.2. The number of esters is 1. The molecule has 0 aliphatic heterocycles. The lowest BCUT2D eigenvalue weighted by Crippen LogP contribution is -2.05. The topological polar surface area (TPSA) is 26.3 Å². The first-order chi connectivity index (χ1) is 7.74. The summed E-state index contributed by atoms with van der Waals surface area (Å²) < 4.78 is 5.15. The van der Waals surface area contributed by atoms with Crippen molar-refractivity contribution in [2.75, 3.05) is 0 Å². The van der Waals surface area contributed by atoms with E-state index < -0.39 is 0 Å². The molecule has 0 saturated heterocycles. The maximum Gasteiger partial charge on any atom is 0.333 e. The van der Waals surface area contributed by atoms with E-state index in [1.54, 1.807) is 19.1 Å². The molecule has 0 bridgehead atoms. The molecule has 0 aliphatic carbocycles. The van der Waals surface area contributed by atoms with Gasteiger partial charge in [0, 0.05) is 5.57 Å². The van der Waals surface area contributed by atoms with Crippen LogP contribution in [0.3, 0.4) is 0 Å². The monoisotopic (exact) mass is 216 g/mol. The molecule has 0 atom stereocenters. The van der Waals surface area contributed by atoms with Gasteiger partial charge in [-0.2, -0.15) is 0 Å². The van der Waals surface area contributed by atoms with Crippen molar-refractivity contribution in [3.63, 3.8) is 0 Å². The van der Waals surface area contributed by atoms with Crippen LogP contribution in [0.5, 0.6) is 0 Å². The molecule has 0 fully saturated rings. The van der Waals surface area contributed by atoms with Crippen LogP contribution in [-0.4, -0.2) is 5.97 Å². The molecule has 0 radical (unpaired) electrons. The standard InChI is InChI=1S/C14H16O2/c1-3-4-8-12(2)14(15)16-11-13-9-6-5-7-10-13/h3,5-10H,1,4,11H2,2H3/b12-8+. The predicted molar refractivity (Wildman–Crippen MR) is 64.8 cm³/mol. The summed E-state index contributed by atoms with van der Waals surface area (Å²) in [5, 5.41) is 0. The van der Waals surface area contributed by atoms with Gasteiger partial charge in [0.2, 0.25) is 0 Å². The molecule has 16 heavy (non-hydrogen) atoms. The van der Waals surface area contributed by atoms with E-state index in [2.05, 4.69) is 6.58 Å². The van der Waals surface area contributed by atoms with Gasteiger partial charge >= 0.3 is 5.97 Å². The van der Waals surface area contributed by atoms with Gasteiger partial charge in [0.15, 0.2) is 0 Å². The third kappa shape index (κ3) is 4.13. The van der Waals surface area contributed by atoms with Crippen LogP contribution in [0.4, 0.5) is 0 Å². The van der Waals surface area contributed by atoms with Crippen LogP contribution in [0, 0.1) is 0 Å². The molecule has 0 aromatic heterocycles. The van der Waals surface area contributed by atoms with E-state index in [0.717, 1.165) is 5.56 Å². The van der Waals surface area contributed by atoms with Gasteiger partial charge in [-0.15, -0.1) is 6.58 Å². The number of ether oxygens (including phenoxy) is 1. The highest BCUT2D eigenvalue weighted by atomic mass is 16.5. The van der Waals surface area contributed by atoms with Crippen LogP contribution < -0.4 is 0 Å². The lowest BCUT2D eigenvalue weighted by Gasteiger charge is -2.04. The molecule has 1 aromatic rings. The number of carbonyl (C=O) groups excluding carboxylic acids is 1. The first kappa shape index (κ1) is 12.2. The summed E-state index contributed by atoms with van der Waals surface area (Å²) in [5.74, 6) is -0.272. The first-order valence-corrected chi connectivity index (χ1v) is 5.22. The van der Waals surface area contributed by atoms with Crippen molar-refractivity contribution in [1.29, 1.82) is 0 Å². The molecule has 0 unspecified atom stereocenters. The van der Waals surface area contributed by atoms with Crippen molar-refractivity contribution in [2.45, 2.75) is 20.0 Å². The Labute approximate surface area is 96.2 Å². The largest absolute Gasteiger partial charge is 0.457 e. The van der Waals surface area contributed by atoms with Crippen molar-refractivity contribution in [3.8, 4) is 0 Å². The Bertz CT molecular complexity index is 377. The zero-order chi connectivity index (χ0) is 11.8. The minimum absolute atomic E-state index is 0.272. The summed E-state index contributed by atoms with van der Waals surface area (Å²) in [4.78, 5) is 11.5. The highest BCUT2D eigenvalue weighted by Gasteiger charge is 2.04. The number of hydrogen-bond acceptors (Lipinski definition) is 2. The Hall–Kier alpha value is -1.83. The van der Waals surface area contributed by atoms with Gasteiger partial charge in [0.25, 0.3) is 0 Å². The van der Waals surface area contributed by atoms with E-state index in [1.165, 1.54) is 0 Å². The van der Waals surface area contributed by atoms with Gasteiger partial charge in [-0.3, -0.25) is 0 Å². The second kappa shape index (κ2) is 6.62. The molecule has 0 amide bonds. The van der Waals surface area contributed by atoms with Crippen LogP contribution in [0.2, 0.25) is 0 Å². The lowest BCUT2D eigenvalue weighted by molar-refractivity contribution is -0.140. The van der Waals surface area contributed by atoms with Gasteiger partial charge in [-0.1, -0.05) is 42.5 Å². The summed E-state index contributed by atoms with van der Waals surface area (Å²) in [6.45, 7) is 5.65. The number of allylic oxidation sites excluding steroid dienone is 2. The molecular formula is C14H16O2. The number of hydrogen-bond donors (Lipinski definition) is 0. The van der Waals surface area contributed by atoms with Crippen molar-refractivity contribution < 1.29 is 9.53 Å². The SMILES string of the molecule is C=CC/C=C(\C)C(=O)OCc1ccccc1. The van der Waals surface area contributed by atoms with Crippen molar-refractivity contribution >= 4 is 5.97 Å². The normalized spacial score (nSPS) is 10.9. The molecule has 1 aromatic carbocycles. The Kier molecular flexibility index (Phi) is 5.06. The van der Waals surface area contributed by atoms with Crippen molar-refractivity contribution in [3.05, 3.63) is 60.2 Å².